The molecule has 0 saturated carbocycles. The number of carbonyl (C=O) groups excluding carboxylic acids is 1. The van der Waals surface area contributed by atoms with Gasteiger partial charge in [-0.1, -0.05) is 12.1 Å². The van der Waals surface area contributed by atoms with Crippen LogP contribution in [-0.2, 0) is 0 Å². The molecule has 2 aromatic rings. The minimum Gasteiger partial charge on any atom is -0.293 e. The maximum Gasteiger partial charge on any atom is 0.173 e. The van der Waals surface area contributed by atoms with Crippen LogP contribution in [0.1, 0.15) is 21.5 Å². The number of aryl methyl sites for hydroxylation is 2. The quantitative estimate of drug-likeness (QED) is 0.607. The van der Waals surface area contributed by atoms with Gasteiger partial charge in [-0.2, -0.15) is 0 Å². The van der Waals surface area contributed by atoms with Crippen LogP contribution in [0, 0.1) is 25.5 Å². The Kier molecular flexibility index (Phi) is 4.55. The minimum absolute atomic E-state index is 0.0862. The van der Waals surface area contributed by atoms with Crippen LogP contribution >= 0.6 is 11.8 Å². The fraction of sp³-hybridized carbons (Fsp3) is 0.188. The van der Waals surface area contributed by atoms with Crippen molar-refractivity contribution < 1.29 is 13.6 Å². The number of halogens is 2. The van der Waals surface area contributed by atoms with Crippen molar-refractivity contribution in [2.75, 3.05) is 5.75 Å². The van der Waals surface area contributed by atoms with Crippen molar-refractivity contribution in [3.05, 3.63) is 64.7 Å². The second kappa shape index (κ2) is 6.18. The summed E-state index contributed by atoms with van der Waals surface area (Å²) < 4.78 is 26.5. The molecule has 2 aromatic carbocycles. The topological polar surface area (TPSA) is 17.1 Å². The Labute approximate surface area is 121 Å². The smallest absolute Gasteiger partial charge is 0.173 e. The number of hydrogen-bond donors (Lipinski definition) is 0. The van der Waals surface area contributed by atoms with Gasteiger partial charge in [0, 0.05) is 10.5 Å². The largest absolute Gasteiger partial charge is 0.293 e. The Morgan fingerprint density at radius 2 is 1.80 bits per heavy atom. The van der Waals surface area contributed by atoms with Crippen molar-refractivity contribution in [2.24, 2.45) is 0 Å². The lowest BCUT2D eigenvalue weighted by molar-refractivity contribution is 0.102. The lowest BCUT2D eigenvalue weighted by Crippen LogP contribution is -2.03. The summed E-state index contributed by atoms with van der Waals surface area (Å²) in [4.78, 5) is 12.2. The van der Waals surface area contributed by atoms with Crippen molar-refractivity contribution in [3.8, 4) is 0 Å². The molecule has 0 radical (unpaired) electrons. The van der Waals surface area contributed by atoms with Gasteiger partial charge in [0.05, 0.1) is 5.75 Å². The van der Waals surface area contributed by atoms with Crippen LogP contribution in [0.15, 0.2) is 41.3 Å². The summed E-state index contributed by atoms with van der Waals surface area (Å²) in [6, 6.07) is 8.69. The third-order valence-corrected chi connectivity index (χ3v) is 4.11. The summed E-state index contributed by atoms with van der Waals surface area (Å²) in [5.74, 6) is -1.03. The molecule has 0 aliphatic heterocycles. The van der Waals surface area contributed by atoms with Crippen LogP contribution in [0.5, 0.6) is 0 Å². The molecule has 0 bridgehead atoms. The lowest BCUT2D eigenvalue weighted by atomic mass is 10.0. The third-order valence-electron chi connectivity index (χ3n) is 3.08. The number of Topliss-reactive ketones (excluding diaryl/α,β-unsaturated/α-hetero) is 1. The predicted octanol–water partition coefficient (Wildman–Crippen LogP) is 4.56. The van der Waals surface area contributed by atoms with Gasteiger partial charge in [0.1, 0.15) is 11.6 Å². The van der Waals surface area contributed by atoms with E-state index in [-0.39, 0.29) is 16.4 Å². The van der Waals surface area contributed by atoms with Crippen LogP contribution < -0.4 is 0 Å². The minimum atomic E-state index is -0.510. The molecule has 0 aliphatic carbocycles. The normalized spacial score (nSPS) is 10.6. The molecule has 0 aliphatic rings. The first-order valence-electron chi connectivity index (χ1n) is 6.15. The zero-order valence-electron chi connectivity index (χ0n) is 11.2. The first-order valence-corrected chi connectivity index (χ1v) is 7.14. The van der Waals surface area contributed by atoms with E-state index in [0.717, 1.165) is 41.1 Å². The Morgan fingerprint density at radius 3 is 2.50 bits per heavy atom. The van der Waals surface area contributed by atoms with E-state index in [2.05, 4.69) is 0 Å². The van der Waals surface area contributed by atoms with Crippen LogP contribution in [0.2, 0.25) is 0 Å². The molecule has 2 rings (SSSR count). The van der Waals surface area contributed by atoms with Gasteiger partial charge < -0.3 is 0 Å². The van der Waals surface area contributed by atoms with E-state index in [4.69, 9.17) is 0 Å². The van der Waals surface area contributed by atoms with E-state index >= 15 is 0 Å². The van der Waals surface area contributed by atoms with Crippen molar-refractivity contribution in [3.63, 3.8) is 0 Å². The number of hydrogen-bond acceptors (Lipinski definition) is 2. The Hall–Kier alpha value is -1.68. The van der Waals surface area contributed by atoms with Gasteiger partial charge in [-0.25, -0.2) is 8.78 Å². The van der Waals surface area contributed by atoms with Crippen molar-refractivity contribution in [2.45, 2.75) is 18.7 Å². The van der Waals surface area contributed by atoms with Crippen molar-refractivity contribution in [1.29, 1.82) is 0 Å². The molecule has 4 heteroatoms. The Bertz CT molecular complexity index is 653. The summed E-state index contributed by atoms with van der Waals surface area (Å²) >= 11 is 1.01. The second-order valence-electron chi connectivity index (χ2n) is 4.59. The molecule has 0 amide bonds. The molecular formula is C16H14F2OS. The molecule has 0 N–H and O–H groups in total. The van der Waals surface area contributed by atoms with Crippen molar-refractivity contribution in [1.82, 2.24) is 0 Å². The molecule has 20 heavy (non-hydrogen) atoms. The molecule has 0 fully saturated rings. The highest BCUT2D eigenvalue weighted by atomic mass is 32.2. The van der Waals surface area contributed by atoms with E-state index < -0.39 is 11.6 Å². The Morgan fingerprint density at radius 1 is 1.05 bits per heavy atom. The average molecular weight is 292 g/mol. The number of ketones is 1. The highest BCUT2D eigenvalue weighted by molar-refractivity contribution is 8.00. The van der Waals surface area contributed by atoms with Gasteiger partial charge in [-0.15, -0.1) is 11.8 Å². The fourth-order valence-corrected chi connectivity index (χ4v) is 2.58. The van der Waals surface area contributed by atoms with Gasteiger partial charge in [-0.3, -0.25) is 4.79 Å². The third kappa shape index (κ3) is 3.45. The van der Waals surface area contributed by atoms with Gasteiger partial charge in [0.2, 0.25) is 0 Å². The lowest BCUT2D eigenvalue weighted by Gasteiger charge is -2.05. The standard InChI is InChI=1S/C16H14F2OS/c1-10-3-4-12(7-11(10)2)15(19)9-20-16-8-13(17)5-6-14(16)18/h3-8H,9H2,1-2H3. The van der Waals surface area contributed by atoms with Gasteiger partial charge >= 0.3 is 0 Å². The molecule has 0 saturated heterocycles. The van der Waals surface area contributed by atoms with E-state index in [9.17, 15) is 13.6 Å². The van der Waals surface area contributed by atoms with E-state index in [1.54, 1.807) is 6.07 Å². The predicted molar refractivity (Wildman–Crippen MR) is 77.3 cm³/mol. The molecule has 0 unspecified atom stereocenters. The number of benzene rings is 2. The molecule has 0 heterocycles. The maximum atomic E-state index is 13.4. The molecular weight excluding hydrogens is 278 g/mol. The van der Waals surface area contributed by atoms with E-state index in [0.29, 0.717) is 5.56 Å². The second-order valence-corrected chi connectivity index (χ2v) is 5.60. The van der Waals surface area contributed by atoms with Gasteiger partial charge in [0.25, 0.3) is 0 Å². The van der Waals surface area contributed by atoms with Crippen LogP contribution in [0.3, 0.4) is 0 Å². The van der Waals surface area contributed by atoms with E-state index in [1.165, 1.54) is 0 Å². The van der Waals surface area contributed by atoms with Crippen molar-refractivity contribution >= 4 is 17.5 Å². The monoisotopic (exact) mass is 292 g/mol. The molecule has 0 atom stereocenters. The summed E-state index contributed by atoms with van der Waals surface area (Å²) in [6.45, 7) is 3.91. The first-order chi connectivity index (χ1) is 9.47. The zero-order valence-corrected chi connectivity index (χ0v) is 12.1. The van der Waals surface area contributed by atoms with Gasteiger partial charge in [-0.05, 0) is 49.2 Å². The average Bonchev–Trinajstić information content (AvgIpc) is 2.42. The summed E-state index contributed by atoms with van der Waals surface area (Å²) in [7, 11) is 0. The molecule has 104 valence electrons. The first kappa shape index (κ1) is 14.7. The Balaban J connectivity index is 2.08. The molecule has 1 nitrogen and oxygen atoms in total. The highest BCUT2D eigenvalue weighted by Crippen LogP contribution is 2.24. The summed E-state index contributed by atoms with van der Waals surface area (Å²) in [5, 5.41) is 0. The highest BCUT2D eigenvalue weighted by Gasteiger charge is 2.10. The summed E-state index contributed by atoms with van der Waals surface area (Å²) in [6.07, 6.45) is 0. The fourth-order valence-electron chi connectivity index (χ4n) is 1.73. The number of thioether (sulfide) groups is 1. The SMILES string of the molecule is Cc1ccc(C(=O)CSc2cc(F)ccc2F)cc1C. The number of rotatable bonds is 4. The zero-order chi connectivity index (χ0) is 14.7. The maximum absolute atomic E-state index is 13.4. The molecule has 0 aromatic heterocycles. The van der Waals surface area contributed by atoms with Crippen LogP contribution in [0.4, 0.5) is 8.78 Å². The summed E-state index contributed by atoms with van der Waals surface area (Å²) in [5.41, 5.74) is 2.75. The molecule has 0 spiro atoms. The van der Waals surface area contributed by atoms with Gasteiger partial charge in [0.15, 0.2) is 5.78 Å². The number of carbonyl (C=O) groups is 1. The van der Waals surface area contributed by atoms with Crippen LogP contribution in [-0.4, -0.2) is 11.5 Å². The van der Waals surface area contributed by atoms with Crippen LogP contribution in [0.25, 0.3) is 0 Å². The van der Waals surface area contributed by atoms with E-state index in [1.807, 2.05) is 26.0 Å².